The molecule has 3 aromatic rings. The molecule has 0 aromatic heterocycles. The molecule has 0 atom stereocenters. The molecular weight excluding hydrogens is 506 g/mol. The highest BCUT2D eigenvalue weighted by molar-refractivity contribution is 5.91. The summed E-state index contributed by atoms with van der Waals surface area (Å²) in [4.78, 5) is 23.4. The van der Waals surface area contributed by atoms with Crippen LogP contribution in [-0.2, 0) is 9.53 Å². The van der Waals surface area contributed by atoms with Gasteiger partial charge < -0.3 is 18.9 Å². The van der Waals surface area contributed by atoms with Gasteiger partial charge in [-0.3, -0.25) is 0 Å². The molecule has 0 heterocycles. The molecule has 0 unspecified atom stereocenters. The Labute approximate surface area is 226 Å². The van der Waals surface area contributed by atoms with Crippen molar-refractivity contribution in [3.63, 3.8) is 0 Å². The Kier molecular flexibility index (Phi) is 11.1. The number of halogens is 2. The molecule has 6 nitrogen and oxygen atoms in total. The van der Waals surface area contributed by atoms with Gasteiger partial charge in [-0.15, -0.1) is 0 Å². The maximum atomic E-state index is 14.5. The third-order valence-corrected chi connectivity index (χ3v) is 5.46. The van der Waals surface area contributed by atoms with E-state index in [4.69, 9.17) is 18.9 Å². The molecule has 8 heteroatoms. The van der Waals surface area contributed by atoms with Crippen LogP contribution in [0.1, 0.15) is 47.2 Å². The van der Waals surface area contributed by atoms with Crippen LogP contribution in [0.2, 0.25) is 0 Å². The summed E-state index contributed by atoms with van der Waals surface area (Å²) in [5.41, 5.74) is 0.324. The summed E-state index contributed by atoms with van der Waals surface area (Å²) < 4.78 is 49.8. The van der Waals surface area contributed by atoms with Crippen LogP contribution >= 0.6 is 0 Å². The van der Waals surface area contributed by atoms with E-state index in [2.05, 4.69) is 18.4 Å². The van der Waals surface area contributed by atoms with Crippen molar-refractivity contribution >= 4 is 11.9 Å². The first kappa shape index (κ1) is 28.9. The number of ether oxygens (including phenoxy) is 4. The van der Waals surface area contributed by atoms with Gasteiger partial charge in [-0.2, -0.15) is 0 Å². The molecule has 0 amide bonds. The molecule has 0 aliphatic heterocycles. The molecule has 0 N–H and O–H groups in total. The monoisotopic (exact) mass is 534 g/mol. The van der Waals surface area contributed by atoms with Gasteiger partial charge in [0.1, 0.15) is 28.9 Å². The zero-order valence-corrected chi connectivity index (χ0v) is 21.5. The zero-order chi connectivity index (χ0) is 28.0. The lowest BCUT2D eigenvalue weighted by Crippen LogP contribution is -2.09. The molecule has 0 aliphatic rings. The van der Waals surface area contributed by atoms with E-state index >= 15 is 0 Å². The molecule has 0 bridgehead atoms. The molecular formula is C31H28F2O6. The third-order valence-electron chi connectivity index (χ3n) is 5.46. The van der Waals surface area contributed by atoms with E-state index in [1.54, 1.807) is 36.4 Å². The predicted molar refractivity (Wildman–Crippen MR) is 142 cm³/mol. The average Bonchev–Trinajstić information content (AvgIpc) is 2.94. The average molecular weight is 535 g/mol. The van der Waals surface area contributed by atoms with E-state index < -0.39 is 29.1 Å². The molecule has 3 aromatic carbocycles. The molecule has 0 fully saturated rings. The number of esters is 2. The molecule has 0 radical (unpaired) electrons. The Bertz CT molecular complexity index is 1320. The van der Waals surface area contributed by atoms with Crippen molar-refractivity contribution in [3.05, 3.63) is 102 Å². The first-order valence-corrected chi connectivity index (χ1v) is 12.3. The minimum absolute atomic E-state index is 0.195. The van der Waals surface area contributed by atoms with Gasteiger partial charge in [-0.1, -0.05) is 18.4 Å². The van der Waals surface area contributed by atoms with Gasteiger partial charge in [0, 0.05) is 23.8 Å². The van der Waals surface area contributed by atoms with Crippen molar-refractivity contribution in [2.75, 3.05) is 20.3 Å². The lowest BCUT2D eigenvalue weighted by Gasteiger charge is -2.08. The highest BCUT2D eigenvalue weighted by Gasteiger charge is 2.14. The summed E-state index contributed by atoms with van der Waals surface area (Å²) >= 11 is 0. The van der Waals surface area contributed by atoms with Gasteiger partial charge in [-0.05, 0) is 74.2 Å². The topological polar surface area (TPSA) is 71.1 Å². The van der Waals surface area contributed by atoms with Crippen molar-refractivity contribution in [1.29, 1.82) is 0 Å². The number of carbonyl (C=O) groups excluding carboxylic acids is 2. The number of hydrogen-bond acceptors (Lipinski definition) is 6. The van der Waals surface area contributed by atoms with Crippen LogP contribution < -0.4 is 14.2 Å². The molecule has 0 aliphatic carbocycles. The van der Waals surface area contributed by atoms with E-state index in [0.717, 1.165) is 43.9 Å². The summed E-state index contributed by atoms with van der Waals surface area (Å²) in [5.74, 6) is 3.03. The highest BCUT2D eigenvalue weighted by Crippen LogP contribution is 2.22. The Hall–Kier alpha value is -4.64. The van der Waals surface area contributed by atoms with Crippen molar-refractivity contribution in [2.24, 2.45) is 0 Å². The Balaban J connectivity index is 1.48. The fraction of sp³-hybridized carbons (Fsp3) is 0.226. The number of methoxy groups -OCH3 is 1. The van der Waals surface area contributed by atoms with Gasteiger partial charge in [0.15, 0.2) is 0 Å². The van der Waals surface area contributed by atoms with E-state index in [1.807, 2.05) is 0 Å². The van der Waals surface area contributed by atoms with Crippen LogP contribution in [0.4, 0.5) is 8.78 Å². The van der Waals surface area contributed by atoms with Crippen LogP contribution in [0, 0.1) is 23.5 Å². The standard InChI is InChI=1S/C31H28F2O6/c1-3-30(34)38-19-7-5-4-6-18-37-25-15-11-23(12-16-25)31(35)39-26-20-28(32)27(29(33)21-26)17-10-22-8-13-24(36-2)14-9-22/h3,8-9,11-16,20-21H,1,4-7,18-19H2,2H3. The molecule has 39 heavy (non-hydrogen) atoms. The number of benzene rings is 3. The first-order chi connectivity index (χ1) is 18.9. The van der Waals surface area contributed by atoms with Crippen molar-refractivity contribution in [1.82, 2.24) is 0 Å². The maximum Gasteiger partial charge on any atom is 0.343 e. The van der Waals surface area contributed by atoms with Gasteiger partial charge in [0.25, 0.3) is 0 Å². The Morgan fingerprint density at radius 1 is 0.821 bits per heavy atom. The minimum Gasteiger partial charge on any atom is -0.497 e. The largest absolute Gasteiger partial charge is 0.497 e. The maximum absolute atomic E-state index is 14.5. The van der Waals surface area contributed by atoms with E-state index in [0.29, 0.717) is 30.3 Å². The number of carbonyl (C=O) groups is 2. The van der Waals surface area contributed by atoms with Crippen molar-refractivity contribution < 1.29 is 37.3 Å². The van der Waals surface area contributed by atoms with E-state index in [1.165, 1.54) is 19.2 Å². The van der Waals surface area contributed by atoms with Crippen molar-refractivity contribution in [2.45, 2.75) is 25.7 Å². The zero-order valence-electron chi connectivity index (χ0n) is 21.5. The summed E-state index contributed by atoms with van der Waals surface area (Å²) in [7, 11) is 1.53. The van der Waals surface area contributed by atoms with E-state index in [-0.39, 0.29) is 11.3 Å². The smallest absolute Gasteiger partial charge is 0.343 e. The fourth-order valence-electron chi connectivity index (χ4n) is 3.37. The molecule has 3 rings (SSSR count). The number of rotatable bonds is 12. The lowest BCUT2D eigenvalue weighted by molar-refractivity contribution is -0.137. The van der Waals surface area contributed by atoms with Crippen LogP contribution in [0.3, 0.4) is 0 Å². The van der Waals surface area contributed by atoms with Crippen LogP contribution in [0.25, 0.3) is 0 Å². The van der Waals surface area contributed by atoms with Gasteiger partial charge in [-0.25, -0.2) is 18.4 Å². The molecule has 0 saturated carbocycles. The Morgan fingerprint density at radius 3 is 2.05 bits per heavy atom. The molecule has 202 valence electrons. The number of hydrogen-bond donors (Lipinski definition) is 0. The van der Waals surface area contributed by atoms with Crippen molar-refractivity contribution in [3.8, 4) is 29.1 Å². The normalized spacial score (nSPS) is 10.1. The van der Waals surface area contributed by atoms with Crippen LogP contribution in [0.5, 0.6) is 17.2 Å². The summed E-state index contributed by atoms with van der Waals surface area (Å²) in [6.07, 6.45) is 4.53. The summed E-state index contributed by atoms with van der Waals surface area (Å²) in [5, 5.41) is 0. The highest BCUT2D eigenvalue weighted by atomic mass is 19.1. The van der Waals surface area contributed by atoms with Gasteiger partial charge in [0.05, 0.1) is 31.5 Å². The Morgan fingerprint density at radius 2 is 1.44 bits per heavy atom. The fourth-order valence-corrected chi connectivity index (χ4v) is 3.37. The van der Waals surface area contributed by atoms with E-state index in [9.17, 15) is 18.4 Å². The second-order valence-corrected chi connectivity index (χ2v) is 8.29. The molecule has 0 spiro atoms. The number of unbranched alkanes of at least 4 members (excludes halogenated alkanes) is 3. The minimum atomic E-state index is -0.944. The molecule has 0 saturated heterocycles. The lowest BCUT2D eigenvalue weighted by atomic mass is 10.1. The predicted octanol–water partition coefficient (Wildman–Crippen LogP) is 6.26. The van der Waals surface area contributed by atoms with Crippen LogP contribution in [0.15, 0.2) is 73.3 Å². The summed E-state index contributed by atoms with van der Waals surface area (Å²) in [6.45, 7) is 4.19. The third kappa shape index (κ3) is 9.31. The van der Waals surface area contributed by atoms with Crippen LogP contribution in [-0.4, -0.2) is 32.3 Å². The second kappa shape index (κ2) is 14.9. The first-order valence-electron chi connectivity index (χ1n) is 12.3. The quantitative estimate of drug-likeness (QED) is 0.0898. The SMILES string of the molecule is C=CC(=O)OCCCCCCOc1ccc(C(=O)Oc2cc(F)c(C#Cc3ccc(OC)cc3)c(F)c2)cc1. The second-order valence-electron chi connectivity index (χ2n) is 8.29. The van der Waals surface area contributed by atoms with Gasteiger partial charge >= 0.3 is 11.9 Å². The summed E-state index contributed by atoms with van der Waals surface area (Å²) in [6, 6.07) is 14.8. The van der Waals surface area contributed by atoms with Gasteiger partial charge in [0.2, 0.25) is 0 Å².